The van der Waals surface area contributed by atoms with Crippen LogP contribution in [0.15, 0.2) is 67.5 Å². The van der Waals surface area contributed by atoms with Gasteiger partial charge in [-0.05, 0) is 36.8 Å². The molecule has 2 N–H and O–H groups in total. The number of carbonyl (C=O) groups excluding carboxylic acids is 1. The second kappa shape index (κ2) is 6.74. The van der Waals surface area contributed by atoms with Gasteiger partial charge in [0.05, 0.1) is 24.3 Å². The van der Waals surface area contributed by atoms with E-state index < -0.39 is 0 Å². The summed E-state index contributed by atoms with van der Waals surface area (Å²) >= 11 is 0. The summed E-state index contributed by atoms with van der Waals surface area (Å²) in [4.78, 5) is 20.1. The van der Waals surface area contributed by atoms with Crippen LogP contribution in [-0.4, -0.2) is 20.6 Å². The summed E-state index contributed by atoms with van der Waals surface area (Å²) in [6, 6.07) is 11.1. The fourth-order valence-electron chi connectivity index (χ4n) is 2.25. The second-order valence-electron chi connectivity index (χ2n) is 5.13. The summed E-state index contributed by atoms with van der Waals surface area (Å²) in [6.45, 7) is 1.94. The zero-order valence-electron chi connectivity index (χ0n) is 12.7. The zero-order chi connectivity index (χ0) is 16.1. The molecule has 0 aliphatic carbocycles. The Hall–Kier alpha value is -3.15. The molecule has 23 heavy (non-hydrogen) atoms. The van der Waals surface area contributed by atoms with Gasteiger partial charge in [-0.3, -0.25) is 4.98 Å². The van der Waals surface area contributed by atoms with E-state index in [0.717, 1.165) is 11.3 Å². The van der Waals surface area contributed by atoms with Gasteiger partial charge in [-0.2, -0.15) is 0 Å². The molecule has 2 aromatic heterocycles. The fourth-order valence-corrected chi connectivity index (χ4v) is 2.25. The van der Waals surface area contributed by atoms with Crippen LogP contribution < -0.4 is 10.6 Å². The van der Waals surface area contributed by atoms with E-state index >= 15 is 0 Å². The number of rotatable bonds is 4. The molecule has 1 aromatic carbocycles. The first-order chi connectivity index (χ1) is 11.2. The summed E-state index contributed by atoms with van der Waals surface area (Å²) < 4.78 is 1.92. The van der Waals surface area contributed by atoms with Crippen molar-refractivity contribution in [2.75, 3.05) is 5.32 Å². The molecule has 0 aliphatic rings. The molecule has 2 heterocycles. The molecule has 0 unspecified atom stereocenters. The number of imidazole rings is 1. The van der Waals surface area contributed by atoms with Crippen LogP contribution in [0.3, 0.4) is 0 Å². The van der Waals surface area contributed by atoms with Crippen molar-refractivity contribution in [3.05, 3.63) is 73.1 Å². The number of hydrogen-bond donors (Lipinski definition) is 2. The van der Waals surface area contributed by atoms with Gasteiger partial charge in [-0.15, -0.1) is 0 Å². The SMILES string of the molecule is C[C@H](NC(=O)Nc1cccnc1)c1cccc(-n2ccnc2)c1. The molecule has 3 rings (SSSR count). The average Bonchev–Trinajstić information content (AvgIpc) is 3.10. The van der Waals surface area contributed by atoms with Crippen LogP contribution in [0.25, 0.3) is 5.69 Å². The summed E-state index contributed by atoms with van der Waals surface area (Å²) in [5, 5.41) is 5.67. The standard InChI is InChI=1S/C17H17N5O/c1-13(20-17(23)21-15-5-3-7-18-11-15)14-4-2-6-16(10-14)22-9-8-19-12-22/h2-13H,1H3,(H2,20,21,23)/t13-/m0/s1. The zero-order valence-corrected chi connectivity index (χ0v) is 12.7. The molecule has 3 aromatic rings. The lowest BCUT2D eigenvalue weighted by Crippen LogP contribution is -2.31. The minimum atomic E-state index is -0.265. The first kappa shape index (κ1) is 14.8. The molecule has 0 fully saturated rings. The molecule has 6 heteroatoms. The van der Waals surface area contributed by atoms with E-state index in [1.54, 1.807) is 37.1 Å². The minimum Gasteiger partial charge on any atom is -0.331 e. The van der Waals surface area contributed by atoms with Gasteiger partial charge in [-0.1, -0.05) is 12.1 Å². The fraction of sp³-hybridized carbons (Fsp3) is 0.118. The van der Waals surface area contributed by atoms with Crippen LogP contribution >= 0.6 is 0 Å². The van der Waals surface area contributed by atoms with Gasteiger partial charge in [0.15, 0.2) is 0 Å². The first-order valence-corrected chi connectivity index (χ1v) is 7.28. The van der Waals surface area contributed by atoms with E-state index in [4.69, 9.17) is 0 Å². The molecule has 1 atom stereocenters. The lowest BCUT2D eigenvalue weighted by atomic mass is 10.1. The predicted octanol–water partition coefficient (Wildman–Crippen LogP) is 3.15. The molecule has 0 saturated heterocycles. The largest absolute Gasteiger partial charge is 0.331 e. The highest BCUT2D eigenvalue weighted by Gasteiger charge is 2.10. The third-order valence-electron chi connectivity index (χ3n) is 3.44. The number of carbonyl (C=O) groups is 1. The number of benzene rings is 1. The van der Waals surface area contributed by atoms with Gasteiger partial charge in [0.2, 0.25) is 0 Å². The van der Waals surface area contributed by atoms with Crippen LogP contribution in [0, 0.1) is 0 Å². The Labute approximate surface area is 134 Å². The van der Waals surface area contributed by atoms with Gasteiger partial charge in [0.25, 0.3) is 0 Å². The Kier molecular flexibility index (Phi) is 4.33. The Morgan fingerprint density at radius 2 is 2.09 bits per heavy atom. The Balaban J connectivity index is 1.67. The molecule has 2 amide bonds. The number of anilines is 1. The molecular formula is C17H17N5O. The van der Waals surface area contributed by atoms with E-state index in [9.17, 15) is 4.79 Å². The predicted molar refractivity (Wildman–Crippen MR) is 88.4 cm³/mol. The van der Waals surface area contributed by atoms with Crippen LogP contribution in [-0.2, 0) is 0 Å². The van der Waals surface area contributed by atoms with E-state index in [0.29, 0.717) is 5.69 Å². The summed E-state index contributed by atoms with van der Waals surface area (Å²) in [5.41, 5.74) is 2.67. The Morgan fingerprint density at radius 3 is 2.83 bits per heavy atom. The maximum Gasteiger partial charge on any atom is 0.319 e. The van der Waals surface area contributed by atoms with Crippen molar-refractivity contribution in [2.45, 2.75) is 13.0 Å². The van der Waals surface area contributed by atoms with Crippen molar-refractivity contribution in [1.29, 1.82) is 0 Å². The van der Waals surface area contributed by atoms with Crippen molar-refractivity contribution in [3.8, 4) is 5.69 Å². The number of aromatic nitrogens is 3. The van der Waals surface area contributed by atoms with E-state index in [1.807, 2.05) is 42.0 Å². The number of amides is 2. The molecule has 0 saturated carbocycles. The number of nitrogens with one attached hydrogen (secondary N) is 2. The number of hydrogen-bond acceptors (Lipinski definition) is 3. The smallest absolute Gasteiger partial charge is 0.319 e. The maximum absolute atomic E-state index is 12.0. The highest BCUT2D eigenvalue weighted by atomic mass is 16.2. The molecule has 0 radical (unpaired) electrons. The molecule has 0 bridgehead atoms. The number of nitrogens with zero attached hydrogens (tertiary/aromatic N) is 3. The number of urea groups is 1. The quantitative estimate of drug-likeness (QED) is 0.777. The van der Waals surface area contributed by atoms with Gasteiger partial charge in [0, 0.05) is 24.3 Å². The van der Waals surface area contributed by atoms with Crippen molar-refractivity contribution in [1.82, 2.24) is 19.9 Å². The first-order valence-electron chi connectivity index (χ1n) is 7.28. The van der Waals surface area contributed by atoms with E-state index in [2.05, 4.69) is 20.6 Å². The Bertz CT molecular complexity index is 771. The molecule has 6 nitrogen and oxygen atoms in total. The molecular weight excluding hydrogens is 290 g/mol. The van der Waals surface area contributed by atoms with Crippen LogP contribution in [0.2, 0.25) is 0 Å². The highest BCUT2D eigenvalue weighted by molar-refractivity contribution is 5.89. The molecule has 116 valence electrons. The summed E-state index contributed by atoms with van der Waals surface area (Å²) in [6.07, 6.45) is 8.62. The van der Waals surface area contributed by atoms with Crippen molar-refractivity contribution >= 4 is 11.7 Å². The number of pyridine rings is 1. The lowest BCUT2D eigenvalue weighted by molar-refractivity contribution is 0.249. The van der Waals surface area contributed by atoms with Crippen LogP contribution in [0.1, 0.15) is 18.5 Å². The monoisotopic (exact) mass is 307 g/mol. The average molecular weight is 307 g/mol. The molecule has 0 aliphatic heterocycles. The van der Waals surface area contributed by atoms with Crippen molar-refractivity contribution in [2.24, 2.45) is 0 Å². The van der Waals surface area contributed by atoms with E-state index in [-0.39, 0.29) is 12.1 Å². The topological polar surface area (TPSA) is 71.8 Å². The highest BCUT2D eigenvalue weighted by Crippen LogP contribution is 2.17. The third-order valence-corrected chi connectivity index (χ3v) is 3.44. The summed E-state index contributed by atoms with van der Waals surface area (Å²) in [7, 11) is 0. The maximum atomic E-state index is 12.0. The van der Waals surface area contributed by atoms with Gasteiger partial charge in [-0.25, -0.2) is 9.78 Å². The van der Waals surface area contributed by atoms with Crippen LogP contribution in [0.4, 0.5) is 10.5 Å². The Morgan fingerprint density at radius 1 is 1.17 bits per heavy atom. The summed E-state index contributed by atoms with van der Waals surface area (Å²) in [5.74, 6) is 0. The van der Waals surface area contributed by atoms with Crippen molar-refractivity contribution < 1.29 is 4.79 Å². The minimum absolute atomic E-state index is 0.129. The third kappa shape index (κ3) is 3.74. The van der Waals surface area contributed by atoms with Gasteiger partial charge >= 0.3 is 6.03 Å². The second-order valence-corrected chi connectivity index (χ2v) is 5.13. The lowest BCUT2D eigenvalue weighted by Gasteiger charge is -2.16. The molecule has 0 spiro atoms. The van der Waals surface area contributed by atoms with E-state index in [1.165, 1.54) is 0 Å². The van der Waals surface area contributed by atoms with Crippen LogP contribution in [0.5, 0.6) is 0 Å². The van der Waals surface area contributed by atoms with Crippen molar-refractivity contribution in [3.63, 3.8) is 0 Å². The van der Waals surface area contributed by atoms with Gasteiger partial charge in [0.1, 0.15) is 0 Å². The van der Waals surface area contributed by atoms with Gasteiger partial charge < -0.3 is 15.2 Å². The normalized spacial score (nSPS) is 11.7.